The average Bonchev–Trinajstić information content (AvgIpc) is 2.77. The first kappa shape index (κ1) is 12.3. The molecule has 0 spiro atoms. The summed E-state index contributed by atoms with van der Waals surface area (Å²) in [6, 6.07) is 1.23. The predicted octanol–water partition coefficient (Wildman–Crippen LogP) is 0.332. The highest BCUT2D eigenvalue weighted by molar-refractivity contribution is 4.84. The third-order valence-corrected chi connectivity index (χ3v) is 3.91. The topological polar surface area (TPSA) is 33.7 Å². The van der Waals surface area contributed by atoms with E-state index in [0.717, 1.165) is 33.0 Å². The van der Waals surface area contributed by atoms with E-state index in [1.165, 1.54) is 12.8 Å². The largest absolute Gasteiger partial charge is 0.381 e. The fourth-order valence-corrected chi connectivity index (χ4v) is 2.74. The summed E-state index contributed by atoms with van der Waals surface area (Å²) in [5.74, 6) is 0.637. The third kappa shape index (κ3) is 2.94. The minimum atomic E-state index is 0.530. The second-order valence-corrected chi connectivity index (χ2v) is 4.98. The van der Waals surface area contributed by atoms with Gasteiger partial charge >= 0.3 is 0 Å². The van der Waals surface area contributed by atoms with Gasteiger partial charge in [-0.2, -0.15) is 0 Å². The lowest BCUT2D eigenvalue weighted by molar-refractivity contribution is 0.0367. The summed E-state index contributed by atoms with van der Waals surface area (Å²) >= 11 is 0. The minimum absolute atomic E-state index is 0.530. The van der Waals surface area contributed by atoms with Crippen LogP contribution < -0.4 is 5.32 Å². The van der Waals surface area contributed by atoms with Gasteiger partial charge in [0.2, 0.25) is 0 Å². The van der Waals surface area contributed by atoms with Crippen molar-refractivity contribution >= 4 is 0 Å². The van der Waals surface area contributed by atoms with Crippen molar-refractivity contribution in [2.24, 2.45) is 5.92 Å². The first-order chi connectivity index (χ1) is 7.81. The Morgan fingerprint density at radius 1 is 1.19 bits per heavy atom. The molecule has 0 aromatic rings. The maximum atomic E-state index is 5.53. The van der Waals surface area contributed by atoms with Gasteiger partial charge in [0.15, 0.2) is 0 Å². The third-order valence-electron chi connectivity index (χ3n) is 3.91. The molecule has 0 amide bonds. The zero-order chi connectivity index (χ0) is 11.4. The molecular formula is C12H24N2O2. The van der Waals surface area contributed by atoms with Gasteiger partial charge in [-0.25, -0.2) is 0 Å². The average molecular weight is 228 g/mol. The Hall–Kier alpha value is -0.160. The van der Waals surface area contributed by atoms with Gasteiger partial charge in [0.25, 0.3) is 0 Å². The van der Waals surface area contributed by atoms with E-state index in [1.807, 2.05) is 7.05 Å². The molecule has 2 aliphatic rings. The van der Waals surface area contributed by atoms with E-state index in [4.69, 9.17) is 9.47 Å². The van der Waals surface area contributed by atoms with Gasteiger partial charge < -0.3 is 19.7 Å². The number of hydrogen-bond donors (Lipinski definition) is 1. The summed E-state index contributed by atoms with van der Waals surface area (Å²) in [5.41, 5.74) is 0. The lowest BCUT2D eigenvalue weighted by Gasteiger charge is -2.33. The van der Waals surface area contributed by atoms with Gasteiger partial charge in [-0.3, -0.25) is 0 Å². The lowest BCUT2D eigenvalue weighted by Crippen LogP contribution is -2.44. The molecule has 2 heterocycles. The van der Waals surface area contributed by atoms with Gasteiger partial charge in [-0.15, -0.1) is 0 Å². The highest BCUT2D eigenvalue weighted by Crippen LogP contribution is 2.19. The van der Waals surface area contributed by atoms with Crippen molar-refractivity contribution in [3.8, 4) is 0 Å². The molecule has 16 heavy (non-hydrogen) atoms. The molecule has 4 heteroatoms. The van der Waals surface area contributed by atoms with Crippen molar-refractivity contribution in [2.45, 2.75) is 24.9 Å². The fourth-order valence-electron chi connectivity index (χ4n) is 2.74. The van der Waals surface area contributed by atoms with E-state index < -0.39 is 0 Å². The van der Waals surface area contributed by atoms with Crippen molar-refractivity contribution in [1.82, 2.24) is 10.2 Å². The van der Waals surface area contributed by atoms with E-state index in [2.05, 4.69) is 17.3 Å². The molecule has 1 N–H and O–H groups in total. The standard InChI is InChI=1S/C12H24N2O2/c1-13-12-9-16-8-10(12)7-14(2)11-3-5-15-6-4-11/h10-13H,3-9H2,1-2H3. The number of nitrogens with zero attached hydrogens (tertiary/aromatic N) is 1. The molecule has 0 aromatic heterocycles. The Morgan fingerprint density at radius 3 is 2.62 bits per heavy atom. The predicted molar refractivity (Wildman–Crippen MR) is 63.6 cm³/mol. The molecule has 2 atom stereocenters. The molecule has 2 saturated heterocycles. The highest BCUT2D eigenvalue weighted by atomic mass is 16.5. The van der Waals surface area contributed by atoms with Gasteiger partial charge in [-0.05, 0) is 26.9 Å². The van der Waals surface area contributed by atoms with Crippen molar-refractivity contribution in [3.63, 3.8) is 0 Å². The van der Waals surface area contributed by atoms with Crippen LogP contribution in [0.1, 0.15) is 12.8 Å². The Bertz CT molecular complexity index is 207. The minimum Gasteiger partial charge on any atom is -0.381 e. The van der Waals surface area contributed by atoms with Gasteiger partial charge in [0.1, 0.15) is 0 Å². The number of likely N-dealkylation sites (N-methyl/N-ethyl adjacent to an activating group) is 1. The molecule has 0 aromatic carbocycles. The molecule has 2 unspecified atom stereocenters. The summed E-state index contributed by atoms with van der Waals surface area (Å²) in [6.07, 6.45) is 2.35. The molecule has 2 fully saturated rings. The van der Waals surface area contributed by atoms with Gasteiger partial charge in [0.05, 0.1) is 13.2 Å². The van der Waals surface area contributed by atoms with Crippen LogP contribution in [0.15, 0.2) is 0 Å². The monoisotopic (exact) mass is 228 g/mol. The number of nitrogens with one attached hydrogen (secondary N) is 1. The van der Waals surface area contributed by atoms with Crippen molar-refractivity contribution in [1.29, 1.82) is 0 Å². The summed E-state index contributed by atoms with van der Waals surface area (Å²) in [4.78, 5) is 2.49. The van der Waals surface area contributed by atoms with Crippen LogP contribution in [-0.2, 0) is 9.47 Å². The van der Waals surface area contributed by atoms with Crippen LogP contribution in [0.4, 0.5) is 0 Å². The first-order valence-electron chi connectivity index (χ1n) is 6.34. The molecule has 4 nitrogen and oxygen atoms in total. The summed E-state index contributed by atoms with van der Waals surface area (Å²) in [5, 5.41) is 3.35. The highest BCUT2D eigenvalue weighted by Gasteiger charge is 2.29. The van der Waals surface area contributed by atoms with E-state index in [-0.39, 0.29) is 0 Å². The van der Waals surface area contributed by atoms with Crippen LogP contribution in [0.25, 0.3) is 0 Å². The van der Waals surface area contributed by atoms with Crippen LogP contribution >= 0.6 is 0 Å². The molecule has 2 aliphatic heterocycles. The second kappa shape index (κ2) is 5.96. The summed E-state index contributed by atoms with van der Waals surface area (Å²) < 4.78 is 10.9. The summed E-state index contributed by atoms with van der Waals surface area (Å²) in [6.45, 7) is 4.75. The van der Waals surface area contributed by atoms with Crippen molar-refractivity contribution < 1.29 is 9.47 Å². The Kier molecular flexibility index (Phi) is 4.58. The Labute approximate surface area is 98.3 Å². The number of ether oxygens (including phenoxy) is 2. The summed E-state index contributed by atoms with van der Waals surface area (Å²) in [7, 11) is 4.27. The zero-order valence-electron chi connectivity index (χ0n) is 10.4. The number of hydrogen-bond acceptors (Lipinski definition) is 4. The molecule has 94 valence electrons. The van der Waals surface area contributed by atoms with E-state index in [9.17, 15) is 0 Å². The molecular weight excluding hydrogens is 204 g/mol. The quantitative estimate of drug-likeness (QED) is 0.752. The Balaban J connectivity index is 1.78. The maximum absolute atomic E-state index is 5.53. The molecule has 0 saturated carbocycles. The van der Waals surface area contributed by atoms with Gasteiger partial charge in [0, 0.05) is 37.8 Å². The van der Waals surface area contributed by atoms with Crippen LogP contribution in [0.2, 0.25) is 0 Å². The molecule has 0 radical (unpaired) electrons. The van der Waals surface area contributed by atoms with Crippen LogP contribution in [-0.4, -0.2) is 64.1 Å². The van der Waals surface area contributed by atoms with E-state index >= 15 is 0 Å². The normalized spacial score (nSPS) is 32.4. The van der Waals surface area contributed by atoms with Crippen LogP contribution in [0.5, 0.6) is 0 Å². The first-order valence-corrected chi connectivity index (χ1v) is 6.34. The van der Waals surface area contributed by atoms with E-state index in [1.54, 1.807) is 0 Å². The fraction of sp³-hybridized carbons (Fsp3) is 1.00. The molecule has 0 aliphatic carbocycles. The lowest BCUT2D eigenvalue weighted by atomic mass is 10.0. The maximum Gasteiger partial charge on any atom is 0.0623 e. The van der Waals surface area contributed by atoms with Gasteiger partial charge in [-0.1, -0.05) is 0 Å². The van der Waals surface area contributed by atoms with Crippen molar-refractivity contribution in [3.05, 3.63) is 0 Å². The van der Waals surface area contributed by atoms with E-state index in [0.29, 0.717) is 18.0 Å². The molecule has 2 rings (SSSR count). The SMILES string of the molecule is CNC1COCC1CN(C)C1CCOCC1. The molecule has 0 bridgehead atoms. The number of rotatable bonds is 4. The second-order valence-electron chi connectivity index (χ2n) is 4.98. The van der Waals surface area contributed by atoms with Crippen LogP contribution in [0, 0.1) is 5.92 Å². The van der Waals surface area contributed by atoms with Crippen molar-refractivity contribution in [2.75, 3.05) is 47.1 Å². The smallest absolute Gasteiger partial charge is 0.0623 e. The Morgan fingerprint density at radius 2 is 1.94 bits per heavy atom. The van der Waals surface area contributed by atoms with Crippen LogP contribution in [0.3, 0.4) is 0 Å². The zero-order valence-corrected chi connectivity index (χ0v) is 10.4.